The van der Waals surface area contributed by atoms with E-state index < -0.39 is 0 Å². The van der Waals surface area contributed by atoms with Gasteiger partial charge in [-0.1, -0.05) is 44.4 Å². The third kappa shape index (κ3) is 4.64. The summed E-state index contributed by atoms with van der Waals surface area (Å²) < 4.78 is 19.3. The molecule has 0 fully saturated rings. The van der Waals surface area contributed by atoms with Gasteiger partial charge in [-0.2, -0.15) is 0 Å². The molecule has 0 amide bonds. The van der Waals surface area contributed by atoms with Crippen molar-refractivity contribution in [3.05, 3.63) is 34.6 Å². The molecule has 1 aromatic carbocycles. The zero-order valence-corrected chi connectivity index (χ0v) is 11.3. The molecule has 3 heteroatoms. The molecule has 0 saturated heterocycles. The molecule has 0 aromatic heterocycles. The molecule has 0 radical (unpaired) electrons. The molecule has 0 atom stereocenters. The van der Waals surface area contributed by atoms with E-state index in [-0.39, 0.29) is 18.5 Å². The smallest absolute Gasteiger partial charge is 0.130 e. The monoisotopic (exact) mass is 258 g/mol. The van der Waals surface area contributed by atoms with Crippen LogP contribution in [0.3, 0.4) is 0 Å². The van der Waals surface area contributed by atoms with Gasteiger partial charge >= 0.3 is 0 Å². The lowest BCUT2D eigenvalue weighted by Crippen LogP contribution is -2.13. The van der Waals surface area contributed by atoms with Crippen LogP contribution in [0.1, 0.15) is 45.1 Å². The highest BCUT2D eigenvalue weighted by Crippen LogP contribution is 2.21. The Kier molecular flexibility index (Phi) is 6.53. The summed E-state index contributed by atoms with van der Waals surface area (Å²) in [6.07, 6.45) is 4.39. The summed E-state index contributed by atoms with van der Waals surface area (Å²) >= 11 is 5.95. The van der Waals surface area contributed by atoms with E-state index in [9.17, 15) is 4.39 Å². The van der Waals surface area contributed by atoms with Gasteiger partial charge in [0.15, 0.2) is 0 Å². The van der Waals surface area contributed by atoms with Crippen molar-refractivity contribution in [2.75, 3.05) is 0 Å². The highest BCUT2D eigenvalue weighted by molar-refractivity contribution is 6.31. The molecule has 0 aliphatic rings. The molecular weight excluding hydrogens is 239 g/mol. The number of ether oxygens (including phenoxy) is 1. The van der Waals surface area contributed by atoms with Crippen LogP contribution in [0.4, 0.5) is 4.39 Å². The molecule has 0 unspecified atom stereocenters. The van der Waals surface area contributed by atoms with Gasteiger partial charge in [0, 0.05) is 10.6 Å². The fourth-order valence-corrected chi connectivity index (χ4v) is 2.04. The molecule has 17 heavy (non-hydrogen) atoms. The van der Waals surface area contributed by atoms with E-state index in [0.717, 1.165) is 25.7 Å². The first-order valence-corrected chi connectivity index (χ1v) is 6.61. The second-order valence-electron chi connectivity index (χ2n) is 4.21. The maximum absolute atomic E-state index is 13.5. The van der Waals surface area contributed by atoms with E-state index in [1.807, 2.05) is 0 Å². The number of benzene rings is 1. The van der Waals surface area contributed by atoms with Crippen LogP contribution in [0.15, 0.2) is 18.2 Å². The van der Waals surface area contributed by atoms with Gasteiger partial charge in [-0.05, 0) is 25.0 Å². The van der Waals surface area contributed by atoms with Gasteiger partial charge in [0.05, 0.1) is 12.7 Å². The highest BCUT2D eigenvalue weighted by atomic mass is 35.5. The third-order valence-electron chi connectivity index (χ3n) is 2.75. The third-order valence-corrected chi connectivity index (χ3v) is 3.10. The Hall–Kier alpha value is -0.600. The Balaban J connectivity index is 2.58. The van der Waals surface area contributed by atoms with Gasteiger partial charge in [-0.3, -0.25) is 0 Å². The van der Waals surface area contributed by atoms with Crippen LogP contribution in [0.5, 0.6) is 0 Å². The van der Waals surface area contributed by atoms with Crippen LogP contribution in [-0.4, -0.2) is 6.10 Å². The lowest BCUT2D eigenvalue weighted by atomic mass is 10.1. The molecule has 0 N–H and O–H groups in total. The summed E-state index contributed by atoms with van der Waals surface area (Å²) in [5.41, 5.74) is 0.464. The SMILES string of the molecule is CCCC(CCC)OCc1c(F)cccc1Cl. The van der Waals surface area contributed by atoms with Crippen LogP contribution >= 0.6 is 11.6 Å². The Morgan fingerprint density at radius 2 is 1.88 bits per heavy atom. The van der Waals surface area contributed by atoms with Crippen LogP contribution in [0, 0.1) is 5.82 Å². The second-order valence-corrected chi connectivity index (χ2v) is 4.62. The van der Waals surface area contributed by atoms with E-state index in [1.54, 1.807) is 12.1 Å². The topological polar surface area (TPSA) is 9.23 Å². The minimum atomic E-state index is -0.288. The van der Waals surface area contributed by atoms with Crippen molar-refractivity contribution in [3.63, 3.8) is 0 Å². The van der Waals surface area contributed by atoms with Crippen molar-refractivity contribution in [2.45, 2.75) is 52.2 Å². The van der Waals surface area contributed by atoms with Crippen LogP contribution in [0.25, 0.3) is 0 Å². The molecular formula is C14H20ClFO. The summed E-state index contributed by atoms with van der Waals surface area (Å²) in [4.78, 5) is 0. The lowest BCUT2D eigenvalue weighted by Gasteiger charge is -2.17. The van der Waals surface area contributed by atoms with Gasteiger partial charge in [-0.25, -0.2) is 4.39 Å². The van der Waals surface area contributed by atoms with Crippen LogP contribution < -0.4 is 0 Å². The van der Waals surface area contributed by atoms with E-state index in [4.69, 9.17) is 16.3 Å². The maximum atomic E-state index is 13.5. The number of hydrogen-bond acceptors (Lipinski definition) is 1. The van der Waals surface area contributed by atoms with Gasteiger partial charge in [-0.15, -0.1) is 0 Å². The Morgan fingerprint density at radius 3 is 2.41 bits per heavy atom. The first kappa shape index (κ1) is 14.5. The predicted molar refractivity (Wildman–Crippen MR) is 69.8 cm³/mol. The number of hydrogen-bond donors (Lipinski definition) is 0. The average molecular weight is 259 g/mol. The van der Waals surface area contributed by atoms with Gasteiger partial charge in [0.2, 0.25) is 0 Å². The molecule has 1 nitrogen and oxygen atoms in total. The fourth-order valence-electron chi connectivity index (χ4n) is 1.83. The van der Waals surface area contributed by atoms with Crippen molar-refractivity contribution >= 4 is 11.6 Å². The molecule has 0 bridgehead atoms. The summed E-state index contributed by atoms with van der Waals surface area (Å²) in [7, 11) is 0. The predicted octanol–water partition coefficient (Wildman–Crippen LogP) is 4.96. The Labute approximate surface area is 108 Å². The zero-order valence-electron chi connectivity index (χ0n) is 10.5. The minimum absolute atomic E-state index is 0.209. The lowest BCUT2D eigenvalue weighted by molar-refractivity contribution is 0.0272. The van der Waals surface area contributed by atoms with Crippen LogP contribution in [-0.2, 0) is 11.3 Å². The summed E-state index contributed by atoms with van der Waals surface area (Å²) in [6, 6.07) is 4.72. The summed E-state index contributed by atoms with van der Waals surface area (Å²) in [5.74, 6) is -0.288. The maximum Gasteiger partial charge on any atom is 0.130 e. The van der Waals surface area contributed by atoms with Gasteiger partial charge < -0.3 is 4.74 Å². The van der Waals surface area contributed by atoms with Crippen molar-refractivity contribution in [1.82, 2.24) is 0 Å². The van der Waals surface area contributed by atoms with Crippen LogP contribution in [0.2, 0.25) is 5.02 Å². The first-order chi connectivity index (χ1) is 8.19. The van der Waals surface area contributed by atoms with E-state index in [1.165, 1.54) is 6.07 Å². The molecule has 0 spiro atoms. The normalized spacial score (nSPS) is 11.1. The quantitative estimate of drug-likeness (QED) is 0.671. The highest BCUT2D eigenvalue weighted by Gasteiger charge is 2.11. The van der Waals surface area contributed by atoms with E-state index in [2.05, 4.69) is 13.8 Å². The van der Waals surface area contributed by atoms with Crippen molar-refractivity contribution in [2.24, 2.45) is 0 Å². The van der Waals surface area contributed by atoms with Crippen molar-refractivity contribution in [3.8, 4) is 0 Å². The van der Waals surface area contributed by atoms with Gasteiger partial charge in [0.1, 0.15) is 5.82 Å². The van der Waals surface area contributed by atoms with E-state index in [0.29, 0.717) is 10.6 Å². The summed E-state index contributed by atoms with van der Waals surface area (Å²) in [5, 5.41) is 0.441. The molecule has 1 rings (SSSR count). The van der Waals surface area contributed by atoms with E-state index >= 15 is 0 Å². The largest absolute Gasteiger partial charge is 0.373 e. The minimum Gasteiger partial charge on any atom is -0.373 e. The standard InChI is InChI=1S/C14H20ClFO/c1-3-6-11(7-4-2)17-10-12-13(15)8-5-9-14(12)16/h5,8-9,11H,3-4,6-7,10H2,1-2H3. The van der Waals surface area contributed by atoms with Crippen molar-refractivity contribution < 1.29 is 9.13 Å². The molecule has 0 saturated carbocycles. The fraction of sp³-hybridized carbons (Fsp3) is 0.571. The van der Waals surface area contributed by atoms with Crippen molar-refractivity contribution in [1.29, 1.82) is 0 Å². The second kappa shape index (κ2) is 7.67. The Bertz CT molecular complexity index is 315. The molecule has 0 heterocycles. The summed E-state index contributed by atoms with van der Waals surface area (Å²) in [6.45, 7) is 4.51. The average Bonchev–Trinajstić information content (AvgIpc) is 2.29. The first-order valence-electron chi connectivity index (χ1n) is 6.23. The van der Waals surface area contributed by atoms with Gasteiger partial charge in [0.25, 0.3) is 0 Å². The molecule has 96 valence electrons. The molecule has 1 aromatic rings. The zero-order chi connectivity index (χ0) is 12.7. The molecule has 0 aliphatic heterocycles. The Morgan fingerprint density at radius 1 is 1.24 bits per heavy atom. The number of halogens is 2. The molecule has 0 aliphatic carbocycles. The number of rotatable bonds is 7.